The number of amides is 1. The van der Waals surface area contributed by atoms with Gasteiger partial charge in [0.15, 0.2) is 0 Å². The van der Waals surface area contributed by atoms with Crippen molar-refractivity contribution in [1.82, 2.24) is 5.43 Å². The molecule has 0 heterocycles. The molecule has 5 heteroatoms. The molecule has 0 atom stereocenters. The molecule has 2 aromatic rings. The number of methoxy groups -OCH3 is 1. The molecule has 0 aliphatic heterocycles. The number of nitrogens with one attached hydrogen (secondary N) is 1. The fourth-order valence-electron chi connectivity index (χ4n) is 1.72. The van der Waals surface area contributed by atoms with Crippen LogP contribution in [0.1, 0.15) is 22.8 Å². The summed E-state index contributed by atoms with van der Waals surface area (Å²) in [6.45, 7) is 1.81. The third-order valence-electron chi connectivity index (χ3n) is 2.92. The van der Waals surface area contributed by atoms with Crippen LogP contribution in [0.25, 0.3) is 0 Å². The lowest BCUT2D eigenvalue weighted by Crippen LogP contribution is -2.19. The molecule has 2 rings (SSSR count). The van der Waals surface area contributed by atoms with E-state index in [9.17, 15) is 4.79 Å². The molecular weight excluding hydrogens is 288 g/mol. The van der Waals surface area contributed by atoms with Crippen molar-refractivity contribution in [2.75, 3.05) is 7.11 Å². The van der Waals surface area contributed by atoms with E-state index < -0.39 is 0 Å². The highest BCUT2D eigenvalue weighted by molar-refractivity contribution is 6.30. The third kappa shape index (κ3) is 4.07. The number of carbonyl (C=O) groups is 1. The van der Waals surface area contributed by atoms with Crippen LogP contribution in [0.5, 0.6) is 5.75 Å². The maximum atomic E-state index is 12.0. The summed E-state index contributed by atoms with van der Waals surface area (Å²) in [5, 5.41) is 4.75. The molecule has 1 N–H and O–H groups in total. The van der Waals surface area contributed by atoms with Gasteiger partial charge in [-0.1, -0.05) is 29.8 Å². The Balaban J connectivity index is 2.08. The molecule has 0 fully saturated rings. The average molecular weight is 303 g/mol. The first-order chi connectivity index (χ1) is 10.1. The lowest BCUT2D eigenvalue weighted by Gasteiger charge is -2.05. The summed E-state index contributed by atoms with van der Waals surface area (Å²) in [6.07, 6.45) is 0. The molecule has 108 valence electrons. The number of hydrazone groups is 1. The van der Waals surface area contributed by atoms with Gasteiger partial charge < -0.3 is 4.74 Å². The van der Waals surface area contributed by atoms with Gasteiger partial charge in [-0.15, -0.1) is 0 Å². The van der Waals surface area contributed by atoms with Crippen LogP contribution in [0.4, 0.5) is 0 Å². The minimum Gasteiger partial charge on any atom is -0.497 e. The summed E-state index contributed by atoms with van der Waals surface area (Å²) < 4.78 is 5.08. The summed E-state index contributed by atoms with van der Waals surface area (Å²) >= 11 is 5.83. The second-order valence-electron chi connectivity index (χ2n) is 4.38. The molecule has 0 radical (unpaired) electrons. The van der Waals surface area contributed by atoms with Crippen LogP contribution in [0.15, 0.2) is 53.6 Å². The van der Waals surface area contributed by atoms with Gasteiger partial charge in [0.25, 0.3) is 5.91 Å². The van der Waals surface area contributed by atoms with Crippen molar-refractivity contribution in [3.8, 4) is 5.75 Å². The molecule has 0 spiro atoms. The Hall–Kier alpha value is -2.33. The molecule has 21 heavy (non-hydrogen) atoms. The van der Waals surface area contributed by atoms with Crippen LogP contribution >= 0.6 is 11.6 Å². The van der Waals surface area contributed by atoms with E-state index in [-0.39, 0.29) is 5.91 Å². The number of hydrogen-bond donors (Lipinski definition) is 1. The predicted molar refractivity (Wildman–Crippen MR) is 84.1 cm³/mol. The van der Waals surface area contributed by atoms with Crippen LogP contribution in [-0.4, -0.2) is 18.7 Å². The van der Waals surface area contributed by atoms with Gasteiger partial charge in [-0.25, -0.2) is 5.43 Å². The van der Waals surface area contributed by atoms with E-state index in [2.05, 4.69) is 10.5 Å². The molecule has 2 aromatic carbocycles. The topological polar surface area (TPSA) is 50.7 Å². The first-order valence-corrected chi connectivity index (χ1v) is 6.72. The highest BCUT2D eigenvalue weighted by atomic mass is 35.5. The van der Waals surface area contributed by atoms with E-state index in [1.54, 1.807) is 43.5 Å². The number of hydrogen-bond acceptors (Lipinski definition) is 3. The van der Waals surface area contributed by atoms with Crippen molar-refractivity contribution in [3.63, 3.8) is 0 Å². The summed E-state index contributed by atoms with van der Waals surface area (Å²) in [4.78, 5) is 12.0. The summed E-state index contributed by atoms with van der Waals surface area (Å²) in [6, 6.07) is 14.1. The smallest absolute Gasteiger partial charge is 0.271 e. The summed E-state index contributed by atoms with van der Waals surface area (Å²) in [5.74, 6) is 0.336. The average Bonchev–Trinajstić information content (AvgIpc) is 2.53. The molecule has 0 aromatic heterocycles. The largest absolute Gasteiger partial charge is 0.497 e. The maximum Gasteiger partial charge on any atom is 0.271 e. The lowest BCUT2D eigenvalue weighted by molar-refractivity contribution is 0.0954. The molecule has 0 aliphatic rings. The molecule has 0 unspecified atom stereocenters. The lowest BCUT2D eigenvalue weighted by atomic mass is 10.1. The second kappa shape index (κ2) is 6.90. The fourth-order valence-corrected chi connectivity index (χ4v) is 1.85. The Kier molecular flexibility index (Phi) is 4.95. The molecule has 0 aliphatic carbocycles. The second-order valence-corrected chi connectivity index (χ2v) is 4.81. The Labute approximate surface area is 128 Å². The van der Waals surface area contributed by atoms with Crippen LogP contribution in [0, 0.1) is 0 Å². The molecule has 0 bridgehead atoms. The number of ether oxygens (including phenoxy) is 1. The van der Waals surface area contributed by atoms with Crippen LogP contribution in [0.3, 0.4) is 0 Å². The number of benzene rings is 2. The third-order valence-corrected chi connectivity index (χ3v) is 3.17. The SMILES string of the molecule is COc1cccc(C(=O)NN=C(C)c2ccc(Cl)cc2)c1. The number of carbonyl (C=O) groups excluding carboxylic acids is 1. The van der Waals surface area contributed by atoms with E-state index in [1.807, 2.05) is 19.1 Å². The van der Waals surface area contributed by atoms with Gasteiger partial charge in [-0.2, -0.15) is 5.10 Å². The zero-order valence-electron chi connectivity index (χ0n) is 11.8. The van der Waals surface area contributed by atoms with Crippen molar-refractivity contribution < 1.29 is 9.53 Å². The maximum absolute atomic E-state index is 12.0. The minimum absolute atomic E-state index is 0.290. The molecule has 4 nitrogen and oxygen atoms in total. The fraction of sp³-hybridized carbons (Fsp3) is 0.125. The minimum atomic E-state index is -0.290. The Morgan fingerprint density at radius 2 is 1.86 bits per heavy atom. The van der Waals surface area contributed by atoms with Crippen molar-refractivity contribution >= 4 is 23.2 Å². The van der Waals surface area contributed by atoms with Gasteiger partial charge in [0.2, 0.25) is 0 Å². The zero-order chi connectivity index (χ0) is 15.2. The van der Waals surface area contributed by atoms with Crippen LogP contribution < -0.4 is 10.2 Å². The van der Waals surface area contributed by atoms with E-state index in [1.165, 1.54) is 0 Å². The normalized spacial score (nSPS) is 11.1. The first-order valence-electron chi connectivity index (χ1n) is 6.35. The van der Waals surface area contributed by atoms with Crippen molar-refractivity contribution in [2.24, 2.45) is 5.10 Å². The standard InChI is InChI=1S/C16H15ClN2O2/c1-11(12-6-8-14(17)9-7-12)18-19-16(20)13-4-3-5-15(10-13)21-2/h3-10H,1-2H3,(H,19,20). The van der Waals surface area contributed by atoms with E-state index in [0.717, 1.165) is 5.56 Å². The van der Waals surface area contributed by atoms with Gasteiger partial charge in [0.05, 0.1) is 12.8 Å². The van der Waals surface area contributed by atoms with Gasteiger partial charge in [-0.05, 0) is 42.8 Å². The molecule has 0 saturated carbocycles. The highest BCUT2D eigenvalue weighted by Gasteiger charge is 2.06. The summed E-state index contributed by atoms with van der Waals surface area (Å²) in [7, 11) is 1.56. The highest BCUT2D eigenvalue weighted by Crippen LogP contribution is 2.13. The molecule has 0 saturated heterocycles. The van der Waals surface area contributed by atoms with E-state index in [4.69, 9.17) is 16.3 Å². The quantitative estimate of drug-likeness (QED) is 0.694. The van der Waals surface area contributed by atoms with E-state index >= 15 is 0 Å². The zero-order valence-corrected chi connectivity index (χ0v) is 12.5. The van der Waals surface area contributed by atoms with Crippen LogP contribution in [-0.2, 0) is 0 Å². The molecular formula is C16H15ClN2O2. The van der Waals surface area contributed by atoms with E-state index in [0.29, 0.717) is 22.0 Å². The van der Waals surface area contributed by atoms with Crippen molar-refractivity contribution in [2.45, 2.75) is 6.92 Å². The first kappa shape index (κ1) is 15.1. The Morgan fingerprint density at radius 3 is 2.52 bits per heavy atom. The van der Waals surface area contributed by atoms with Gasteiger partial charge in [-0.3, -0.25) is 4.79 Å². The number of nitrogens with zero attached hydrogens (tertiary/aromatic N) is 1. The number of halogens is 1. The van der Waals surface area contributed by atoms with Crippen molar-refractivity contribution in [3.05, 3.63) is 64.7 Å². The van der Waals surface area contributed by atoms with Gasteiger partial charge in [0.1, 0.15) is 5.75 Å². The Bertz CT molecular complexity index is 666. The van der Waals surface area contributed by atoms with Crippen LogP contribution in [0.2, 0.25) is 5.02 Å². The van der Waals surface area contributed by atoms with Crippen molar-refractivity contribution in [1.29, 1.82) is 0 Å². The monoisotopic (exact) mass is 302 g/mol. The van der Waals surface area contributed by atoms with Gasteiger partial charge >= 0.3 is 0 Å². The summed E-state index contributed by atoms with van der Waals surface area (Å²) in [5.41, 5.74) is 4.60. The number of rotatable bonds is 4. The Morgan fingerprint density at radius 1 is 1.14 bits per heavy atom. The van der Waals surface area contributed by atoms with Gasteiger partial charge in [0, 0.05) is 10.6 Å². The predicted octanol–water partition coefficient (Wildman–Crippen LogP) is 3.50. The molecule has 1 amide bonds.